The average molecular weight is 188 g/mol. The summed E-state index contributed by atoms with van der Waals surface area (Å²) in [6.07, 6.45) is 0.844. The fraction of sp³-hybridized carbons (Fsp3) is 0.182. The van der Waals surface area contributed by atoms with Crippen LogP contribution in [-0.4, -0.2) is 6.54 Å². The molecular formula is C11H9FN2. The lowest BCUT2D eigenvalue weighted by Crippen LogP contribution is -2.17. The van der Waals surface area contributed by atoms with Gasteiger partial charge in [-0.3, -0.25) is 0 Å². The van der Waals surface area contributed by atoms with Crippen molar-refractivity contribution < 1.29 is 4.39 Å². The quantitative estimate of drug-likeness (QED) is 0.632. The second-order valence-corrected chi connectivity index (χ2v) is 3.23. The van der Waals surface area contributed by atoms with E-state index >= 15 is 0 Å². The maximum Gasteiger partial charge on any atom is 0.125 e. The number of benzene rings is 1. The molecule has 0 spiro atoms. The van der Waals surface area contributed by atoms with Gasteiger partial charge in [0.25, 0.3) is 0 Å². The molecule has 0 aromatic heterocycles. The second-order valence-electron chi connectivity index (χ2n) is 3.23. The molecule has 1 aromatic carbocycles. The van der Waals surface area contributed by atoms with Crippen molar-refractivity contribution >= 4 is 5.69 Å². The van der Waals surface area contributed by atoms with Crippen molar-refractivity contribution in [3.05, 3.63) is 41.9 Å². The molecule has 0 amide bonds. The highest BCUT2D eigenvalue weighted by atomic mass is 19.1. The van der Waals surface area contributed by atoms with E-state index in [0.717, 1.165) is 17.7 Å². The van der Waals surface area contributed by atoms with Crippen LogP contribution in [0.5, 0.6) is 0 Å². The molecule has 2 rings (SSSR count). The number of anilines is 1. The van der Waals surface area contributed by atoms with E-state index in [0.29, 0.717) is 12.2 Å². The van der Waals surface area contributed by atoms with Crippen molar-refractivity contribution in [1.29, 1.82) is 5.26 Å². The van der Waals surface area contributed by atoms with Crippen LogP contribution >= 0.6 is 0 Å². The summed E-state index contributed by atoms with van der Waals surface area (Å²) in [6.45, 7) is 4.34. The summed E-state index contributed by atoms with van der Waals surface area (Å²) in [7, 11) is 0. The SMILES string of the molecule is C=C(C#N)N1CCc2ccc(F)cc21. The Kier molecular flexibility index (Phi) is 1.97. The molecule has 14 heavy (non-hydrogen) atoms. The molecule has 1 aromatic rings. The molecule has 0 bridgehead atoms. The smallest absolute Gasteiger partial charge is 0.125 e. The molecule has 2 nitrogen and oxygen atoms in total. The van der Waals surface area contributed by atoms with Gasteiger partial charge in [0.2, 0.25) is 0 Å². The summed E-state index contributed by atoms with van der Waals surface area (Å²) < 4.78 is 13.0. The molecule has 1 heterocycles. The first-order valence-electron chi connectivity index (χ1n) is 4.37. The number of hydrogen-bond acceptors (Lipinski definition) is 2. The van der Waals surface area contributed by atoms with Gasteiger partial charge in [-0.1, -0.05) is 12.6 Å². The van der Waals surface area contributed by atoms with E-state index < -0.39 is 0 Å². The minimum atomic E-state index is -0.276. The zero-order valence-corrected chi connectivity index (χ0v) is 7.63. The van der Waals surface area contributed by atoms with Gasteiger partial charge in [-0.15, -0.1) is 0 Å². The van der Waals surface area contributed by atoms with Crippen LogP contribution in [0.2, 0.25) is 0 Å². The Morgan fingerprint density at radius 1 is 1.57 bits per heavy atom. The van der Waals surface area contributed by atoms with Crippen LogP contribution in [0.3, 0.4) is 0 Å². The van der Waals surface area contributed by atoms with Crippen LogP contribution in [0.15, 0.2) is 30.5 Å². The van der Waals surface area contributed by atoms with Crippen LogP contribution < -0.4 is 4.90 Å². The van der Waals surface area contributed by atoms with E-state index in [4.69, 9.17) is 5.26 Å². The molecule has 0 aliphatic carbocycles. The first-order chi connectivity index (χ1) is 6.72. The Morgan fingerprint density at radius 2 is 2.36 bits per heavy atom. The van der Waals surface area contributed by atoms with Gasteiger partial charge < -0.3 is 4.90 Å². The summed E-state index contributed by atoms with van der Waals surface area (Å²) in [5, 5.41) is 8.71. The first kappa shape index (κ1) is 8.76. The lowest BCUT2D eigenvalue weighted by molar-refractivity contribution is 0.628. The topological polar surface area (TPSA) is 27.0 Å². The van der Waals surface area contributed by atoms with Crippen LogP contribution in [0.25, 0.3) is 0 Å². The number of nitriles is 1. The molecule has 0 N–H and O–H groups in total. The van der Waals surface area contributed by atoms with Crippen molar-refractivity contribution in [2.75, 3.05) is 11.4 Å². The Hall–Kier alpha value is -1.82. The molecule has 0 saturated heterocycles. The highest BCUT2D eigenvalue weighted by Gasteiger charge is 2.21. The summed E-state index contributed by atoms with van der Waals surface area (Å²) >= 11 is 0. The van der Waals surface area contributed by atoms with Gasteiger partial charge in [0.15, 0.2) is 0 Å². The lowest BCUT2D eigenvalue weighted by atomic mass is 10.2. The number of hydrogen-bond donors (Lipinski definition) is 0. The molecule has 0 unspecified atom stereocenters. The maximum atomic E-state index is 13.0. The van der Waals surface area contributed by atoms with E-state index in [2.05, 4.69) is 6.58 Å². The molecule has 0 saturated carbocycles. The molecule has 70 valence electrons. The van der Waals surface area contributed by atoms with Crippen molar-refractivity contribution in [2.24, 2.45) is 0 Å². The van der Waals surface area contributed by atoms with Gasteiger partial charge in [0, 0.05) is 12.2 Å². The normalized spacial score (nSPS) is 13.6. The molecule has 0 fully saturated rings. The van der Waals surface area contributed by atoms with Gasteiger partial charge in [-0.25, -0.2) is 4.39 Å². The van der Waals surface area contributed by atoms with Gasteiger partial charge in [0.1, 0.15) is 17.6 Å². The predicted octanol–water partition coefficient (Wildman–Crippen LogP) is 2.23. The largest absolute Gasteiger partial charge is 0.333 e. The molecular weight excluding hydrogens is 179 g/mol. The standard InChI is InChI=1S/C11H9FN2/c1-8(7-13)14-5-4-9-2-3-10(12)6-11(9)14/h2-3,6H,1,4-5H2. The summed E-state index contributed by atoms with van der Waals surface area (Å²) in [4.78, 5) is 1.75. The van der Waals surface area contributed by atoms with Gasteiger partial charge >= 0.3 is 0 Å². The van der Waals surface area contributed by atoms with Crippen molar-refractivity contribution in [3.63, 3.8) is 0 Å². The third-order valence-electron chi connectivity index (χ3n) is 2.40. The number of rotatable bonds is 1. The zero-order valence-electron chi connectivity index (χ0n) is 7.63. The monoisotopic (exact) mass is 188 g/mol. The highest BCUT2D eigenvalue weighted by Crippen LogP contribution is 2.30. The molecule has 0 radical (unpaired) electrons. The van der Waals surface area contributed by atoms with Gasteiger partial charge in [-0.05, 0) is 24.1 Å². The number of halogens is 1. The Bertz CT molecular complexity index is 431. The van der Waals surface area contributed by atoms with E-state index in [1.165, 1.54) is 12.1 Å². The number of fused-ring (bicyclic) bond motifs is 1. The van der Waals surface area contributed by atoms with Crippen LogP contribution in [-0.2, 0) is 6.42 Å². The zero-order chi connectivity index (χ0) is 10.1. The van der Waals surface area contributed by atoms with E-state index in [-0.39, 0.29) is 5.82 Å². The summed E-state index contributed by atoms with van der Waals surface area (Å²) in [6, 6.07) is 6.63. The van der Waals surface area contributed by atoms with Crippen molar-refractivity contribution in [1.82, 2.24) is 0 Å². The Morgan fingerprint density at radius 3 is 3.07 bits per heavy atom. The minimum Gasteiger partial charge on any atom is -0.333 e. The van der Waals surface area contributed by atoms with Gasteiger partial charge in [-0.2, -0.15) is 5.26 Å². The predicted molar refractivity (Wildman–Crippen MR) is 52.2 cm³/mol. The third-order valence-corrected chi connectivity index (χ3v) is 2.40. The molecule has 3 heteroatoms. The fourth-order valence-electron chi connectivity index (χ4n) is 1.69. The maximum absolute atomic E-state index is 13.0. The molecule has 1 aliphatic heterocycles. The highest BCUT2D eigenvalue weighted by molar-refractivity contribution is 5.63. The molecule has 1 aliphatic rings. The van der Waals surface area contributed by atoms with Crippen molar-refractivity contribution in [3.8, 4) is 6.07 Å². The third kappa shape index (κ3) is 1.25. The lowest BCUT2D eigenvalue weighted by Gasteiger charge is -2.16. The van der Waals surface area contributed by atoms with Crippen LogP contribution in [0, 0.1) is 17.1 Å². The first-order valence-corrected chi connectivity index (χ1v) is 4.37. The van der Waals surface area contributed by atoms with Crippen molar-refractivity contribution in [2.45, 2.75) is 6.42 Å². The van der Waals surface area contributed by atoms with Gasteiger partial charge in [0.05, 0.1) is 0 Å². The van der Waals surface area contributed by atoms with Crippen LogP contribution in [0.4, 0.5) is 10.1 Å². The number of nitrogens with zero attached hydrogens (tertiary/aromatic N) is 2. The Balaban J connectivity index is 2.44. The summed E-state index contributed by atoms with van der Waals surface area (Å²) in [5.41, 5.74) is 2.22. The van der Waals surface area contributed by atoms with E-state index in [1.807, 2.05) is 6.07 Å². The summed E-state index contributed by atoms with van der Waals surface area (Å²) in [5.74, 6) is -0.276. The second kappa shape index (κ2) is 3.15. The fourth-order valence-corrected chi connectivity index (χ4v) is 1.69. The molecule has 0 atom stereocenters. The average Bonchev–Trinajstić information content (AvgIpc) is 2.59. The minimum absolute atomic E-state index is 0.276. The number of allylic oxidation sites excluding steroid dienone is 1. The Labute approximate surface area is 81.9 Å². The van der Waals surface area contributed by atoms with Crippen LogP contribution in [0.1, 0.15) is 5.56 Å². The van der Waals surface area contributed by atoms with E-state index in [9.17, 15) is 4.39 Å². The van der Waals surface area contributed by atoms with E-state index in [1.54, 1.807) is 11.0 Å².